The minimum Gasteiger partial charge on any atom is -0.349 e. The van der Waals surface area contributed by atoms with E-state index in [1.54, 1.807) is 24.3 Å². The average Bonchev–Trinajstić information content (AvgIpc) is 2.38. The molecule has 0 saturated carbocycles. The zero-order chi connectivity index (χ0) is 12.7. The molecule has 0 bridgehead atoms. The molecule has 0 saturated heterocycles. The van der Waals surface area contributed by atoms with Gasteiger partial charge in [0.1, 0.15) is 0 Å². The first-order valence-electron chi connectivity index (χ1n) is 6.02. The molecular weight excluding hydrogens is 212 g/mol. The van der Waals surface area contributed by atoms with E-state index >= 15 is 0 Å². The summed E-state index contributed by atoms with van der Waals surface area (Å²) >= 11 is 0. The highest BCUT2D eigenvalue weighted by atomic mass is 16.1. The smallest absolute Gasteiger partial charge is 0.251 e. The van der Waals surface area contributed by atoms with Gasteiger partial charge in [0, 0.05) is 11.6 Å². The molecule has 0 aliphatic rings. The Morgan fingerprint density at radius 2 is 2.24 bits per heavy atom. The summed E-state index contributed by atoms with van der Waals surface area (Å²) < 4.78 is 0. The summed E-state index contributed by atoms with van der Waals surface area (Å²) in [5, 5.41) is 11.8. The summed E-state index contributed by atoms with van der Waals surface area (Å²) in [6.45, 7) is 4.16. The lowest BCUT2D eigenvalue weighted by Crippen LogP contribution is -2.34. The third kappa shape index (κ3) is 3.92. The van der Waals surface area contributed by atoms with Crippen LogP contribution in [-0.4, -0.2) is 11.9 Å². The number of nitrogens with zero attached hydrogens (tertiary/aromatic N) is 1. The molecular formula is C14H18N2O. The predicted molar refractivity (Wildman–Crippen MR) is 67.6 cm³/mol. The maximum absolute atomic E-state index is 11.9. The van der Waals surface area contributed by atoms with Gasteiger partial charge in [-0.3, -0.25) is 4.79 Å². The van der Waals surface area contributed by atoms with Crippen LogP contribution >= 0.6 is 0 Å². The number of rotatable bonds is 5. The number of carbonyl (C=O) groups is 1. The van der Waals surface area contributed by atoms with Crippen molar-refractivity contribution in [3.8, 4) is 6.07 Å². The molecule has 1 N–H and O–H groups in total. The van der Waals surface area contributed by atoms with E-state index in [1.165, 1.54) is 0 Å². The summed E-state index contributed by atoms with van der Waals surface area (Å²) in [5.74, 6) is -0.0950. The quantitative estimate of drug-likeness (QED) is 0.845. The summed E-state index contributed by atoms with van der Waals surface area (Å²) in [5.41, 5.74) is 1.07. The highest BCUT2D eigenvalue weighted by Crippen LogP contribution is 2.07. The molecule has 0 radical (unpaired) electrons. The van der Waals surface area contributed by atoms with Crippen molar-refractivity contribution in [1.82, 2.24) is 5.32 Å². The Balaban J connectivity index is 2.72. The number of benzene rings is 1. The molecule has 3 heteroatoms. The maximum atomic E-state index is 11.9. The van der Waals surface area contributed by atoms with Crippen molar-refractivity contribution in [1.29, 1.82) is 5.26 Å². The Hall–Kier alpha value is -1.82. The molecule has 17 heavy (non-hydrogen) atoms. The lowest BCUT2D eigenvalue weighted by molar-refractivity contribution is 0.0933. The van der Waals surface area contributed by atoms with Gasteiger partial charge in [0.15, 0.2) is 0 Å². The molecule has 1 aromatic carbocycles. The van der Waals surface area contributed by atoms with Crippen molar-refractivity contribution in [3.05, 3.63) is 35.4 Å². The van der Waals surface area contributed by atoms with E-state index in [9.17, 15) is 4.79 Å². The molecule has 0 aliphatic heterocycles. The summed E-state index contributed by atoms with van der Waals surface area (Å²) in [4.78, 5) is 11.9. The van der Waals surface area contributed by atoms with Crippen molar-refractivity contribution in [2.24, 2.45) is 0 Å². The van der Waals surface area contributed by atoms with Crippen LogP contribution in [0.5, 0.6) is 0 Å². The van der Waals surface area contributed by atoms with Crippen LogP contribution < -0.4 is 5.32 Å². The lowest BCUT2D eigenvalue weighted by Gasteiger charge is -2.16. The van der Waals surface area contributed by atoms with Gasteiger partial charge in [0.05, 0.1) is 11.6 Å². The predicted octanol–water partition coefficient (Wildman–Crippen LogP) is 2.87. The van der Waals surface area contributed by atoms with Gasteiger partial charge in [-0.05, 0) is 31.0 Å². The summed E-state index contributed by atoms with van der Waals surface area (Å²) in [6.07, 6.45) is 2.97. The van der Waals surface area contributed by atoms with Crippen LogP contribution in [0.25, 0.3) is 0 Å². The number of carbonyl (C=O) groups excluding carboxylic acids is 1. The molecule has 0 aliphatic carbocycles. The molecule has 1 atom stereocenters. The molecule has 0 heterocycles. The standard InChI is InChI=1S/C14H18N2O/c1-3-6-13(4-2)16-14(17)12-8-5-7-11(9-12)10-15/h5,7-9,13H,3-4,6H2,1-2H3,(H,16,17). The van der Waals surface area contributed by atoms with Crippen molar-refractivity contribution in [3.63, 3.8) is 0 Å². The van der Waals surface area contributed by atoms with Gasteiger partial charge in [-0.25, -0.2) is 0 Å². The van der Waals surface area contributed by atoms with E-state index in [1.807, 2.05) is 6.07 Å². The van der Waals surface area contributed by atoms with Crippen molar-refractivity contribution in [2.45, 2.75) is 39.2 Å². The second-order valence-electron chi connectivity index (χ2n) is 4.06. The maximum Gasteiger partial charge on any atom is 0.251 e. The van der Waals surface area contributed by atoms with Crippen LogP contribution in [-0.2, 0) is 0 Å². The van der Waals surface area contributed by atoms with E-state index in [0.29, 0.717) is 11.1 Å². The van der Waals surface area contributed by atoms with Crippen LogP contribution in [0.15, 0.2) is 24.3 Å². The van der Waals surface area contributed by atoms with Crippen LogP contribution in [0, 0.1) is 11.3 Å². The second-order valence-corrected chi connectivity index (χ2v) is 4.06. The fourth-order valence-electron chi connectivity index (χ4n) is 1.73. The van der Waals surface area contributed by atoms with Gasteiger partial charge >= 0.3 is 0 Å². The zero-order valence-electron chi connectivity index (χ0n) is 10.4. The van der Waals surface area contributed by atoms with Crippen LogP contribution in [0.4, 0.5) is 0 Å². The summed E-state index contributed by atoms with van der Waals surface area (Å²) in [6, 6.07) is 9.03. The molecule has 1 amide bonds. The van der Waals surface area contributed by atoms with Gasteiger partial charge in [-0.15, -0.1) is 0 Å². The Morgan fingerprint density at radius 3 is 2.82 bits per heavy atom. The van der Waals surface area contributed by atoms with Gasteiger partial charge in [0.25, 0.3) is 5.91 Å². The number of hydrogen-bond donors (Lipinski definition) is 1. The fraction of sp³-hybridized carbons (Fsp3) is 0.429. The third-order valence-electron chi connectivity index (χ3n) is 2.72. The molecule has 0 aromatic heterocycles. The third-order valence-corrected chi connectivity index (χ3v) is 2.72. The van der Waals surface area contributed by atoms with Crippen LogP contribution in [0.2, 0.25) is 0 Å². The Labute approximate surface area is 102 Å². The van der Waals surface area contributed by atoms with Gasteiger partial charge in [0.2, 0.25) is 0 Å². The highest BCUT2D eigenvalue weighted by molar-refractivity contribution is 5.94. The van der Waals surface area contributed by atoms with E-state index in [2.05, 4.69) is 19.2 Å². The molecule has 3 nitrogen and oxygen atoms in total. The zero-order valence-corrected chi connectivity index (χ0v) is 10.4. The van der Waals surface area contributed by atoms with Crippen LogP contribution in [0.1, 0.15) is 49.0 Å². The SMILES string of the molecule is CCCC(CC)NC(=O)c1cccc(C#N)c1. The van der Waals surface area contributed by atoms with Gasteiger partial charge in [-0.2, -0.15) is 5.26 Å². The van der Waals surface area contributed by atoms with Crippen molar-refractivity contribution >= 4 is 5.91 Å². The Bertz CT molecular complexity index is 420. The number of nitriles is 1. The largest absolute Gasteiger partial charge is 0.349 e. The van der Waals surface area contributed by atoms with E-state index in [4.69, 9.17) is 5.26 Å². The first-order valence-corrected chi connectivity index (χ1v) is 6.02. The Morgan fingerprint density at radius 1 is 1.47 bits per heavy atom. The number of nitrogens with one attached hydrogen (secondary N) is 1. The lowest BCUT2D eigenvalue weighted by atomic mass is 10.1. The molecule has 1 aromatic rings. The van der Waals surface area contributed by atoms with Crippen molar-refractivity contribution in [2.75, 3.05) is 0 Å². The molecule has 1 unspecified atom stereocenters. The number of amides is 1. The molecule has 0 spiro atoms. The Kier molecular flexibility index (Phi) is 5.22. The number of hydrogen-bond acceptors (Lipinski definition) is 2. The minimum absolute atomic E-state index is 0.0950. The topological polar surface area (TPSA) is 52.9 Å². The molecule has 0 fully saturated rings. The fourth-order valence-corrected chi connectivity index (χ4v) is 1.73. The normalized spacial score (nSPS) is 11.6. The minimum atomic E-state index is -0.0950. The first-order chi connectivity index (χ1) is 8.21. The molecule has 1 rings (SSSR count). The van der Waals surface area contributed by atoms with E-state index < -0.39 is 0 Å². The molecule has 90 valence electrons. The van der Waals surface area contributed by atoms with E-state index in [0.717, 1.165) is 19.3 Å². The monoisotopic (exact) mass is 230 g/mol. The first kappa shape index (κ1) is 13.2. The van der Waals surface area contributed by atoms with Crippen molar-refractivity contribution < 1.29 is 4.79 Å². The van der Waals surface area contributed by atoms with Gasteiger partial charge in [-0.1, -0.05) is 26.3 Å². The van der Waals surface area contributed by atoms with E-state index in [-0.39, 0.29) is 11.9 Å². The van der Waals surface area contributed by atoms with Crippen LogP contribution in [0.3, 0.4) is 0 Å². The van der Waals surface area contributed by atoms with Gasteiger partial charge < -0.3 is 5.32 Å². The second kappa shape index (κ2) is 6.70. The average molecular weight is 230 g/mol. The summed E-state index contributed by atoms with van der Waals surface area (Å²) in [7, 11) is 0. The highest BCUT2D eigenvalue weighted by Gasteiger charge is 2.11.